The summed E-state index contributed by atoms with van der Waals surface area (Å²) in [4.78, 5) is 22.5. The van der Waals surface area contributed by atoms with Crippen LogP contribution >= 0.6 is 23.4 Å². The minimum absolute atomic E-state index is 0.0350. The van der Waals surface area contributed by atoms with Gasteiger partial charge in [0.25, 0.3) is 10.9 Å². The number of halogens is 1. The monoisotopic (exact) mass is 404 g/mol. The Morgan fingerprint density at radius 1 is 1.22 bits per heavy atom. The highest BCUT2D eigenvalue weighted by Gasteiger charge is 2.17. The van der Waals surface area contributed by atoms with E-state index in [1.807, 2.05) is 30.3 Å². The van der Waals surface area contributed by atoms with Crippen LogP contribution in [0.1, 0.15) is 11.5 Å². The third-order valence-corrected chi connectivity index (χ3v) is 4.46. The first-order chi connectivity index (χ1) is 13.0. The van der Waals surface area contributed by atoms with Crippen molar-refractivity contribution < 1.29 is 14.1 Å². The number of aromatic nitrogens is 2. The SMILES string of the molecule is O=C(CSc1nnc(Cc2ccccc2)o1)Nc1ccc(Cl)cc1[N+](=O)[O-]. The zero-order valence-electron chi connectivity index (χ0n) is 13.8. The van der Waals surface area contributed by atoms with Crippen molar-refractivity contribution in [1.82, 2.24) is 10.2 Å². The van der Waals surface area contributed by atoms with Crippen LogP contribution in [0, 0.1) is 10.1 Å². The van der Waals surface area contributed by atoms with E-state index in [0.29, 0.717) is 12.3 Å². The molecular formula is C17H13ClN4O4S. The van der Waals surface area contributed by atoms with Gasteiger partial charge in [-0.15, -0.1) is 10.2 Å². The molecule has 0 aliphatic heterocycles. The first kappa shape index (κ1) is 18.9. The number of nitrogens with zero attached hydrogens (tertiary/aromatic N) is 3. The number of carbonyl (C=O) groups excluding carboxylic acids is 1. The molecule has 0 bridgehead atoms. The molecule has 3 aromatic rings. The lowest BCUT2D eigenvalue weighted by molar-refractivity contribution is -0.383. The summed E-state index contributed by atoms with van der Waals surface area (Å²) in [5, 5.41) is 21.8. The molecule has 0 atom stereocenters. The van der Waals surface area contributed by atoms with Crippen molar-refractivity contribution in [2.45, 2.75) is 11.6 Å². The number of amides is 1. The van der Waals surface area contributed by atoms with Crippen LogP contribution in [0.15, 0.2) is 58.2 Å². The maximum Gasteiger partial charge on any atom is 0.294 e. The lowest BCUT2D eigenvalue weighted by Gasteiger charge is -2.05. The number of anilines is 1. The fourth-order valence-corrected chi connectivity index (χ4v) is 2.96. The lowest BCUT2D eigenvalue weighted by Crippen LogP contribution is -2.15. The van der Waals surface area contributed by atoms with E-state index in [2.05, 4.69) is 15.5 Å². The molecule has 0 aliphatic carbocycles. The summed E-state index contributed by atoms with van der Waals surface area (Å²) < 4.78 is 5.50. The molecular weight excluding hydrogens is 392 g/mol. The largest absolute Gasteiger partial charge is 0.416 e. The maximum absolute atomic E-state index is 12.1. The Balaban J connectivity index is 1.56. The zero-order valence-corrected chi connectivity index (χ0v) is 15.4. The fraction of sp³-hybridized carbons (Fsp3) is 0.118. The molecule has 10 heteroatoms. The number of nitrogens with one attached hydrogen (secondary N) is 1. The van der Waals surface area contributed by atoms with Gasteiger partial charge in [0.05, 0.1) is 17.1 Å². The number of rotatable bonds is 7. The Kier molecular flexibility index (Phi) is 6.05. The van der Waals surface area contributed by atoms with E-state index < -0.39 is 10.8 Å². The molecule has 3 rings (SSSR count). The van der Waals surface area contributed by atoms with Crippen molar-refractivity contribution in [1.29, 1.82) is 0 Å². The van der Waals surface area contributed by atoms with E-state index in [1.165, 1.54) is 18.2 Å². The van der Waals surface area contributed by atoms with Crippen LogP contribution in [-0.2, 0) is 11.2 Å². The number of benzene rings is 2. The minimum atomic E-state index is -0.609. The Labute approximate surface area is 163 Å². The second kappa shape index (κ2) is 8.65. The molecule has 0 radical (unpaired) electrons. The molecule has 8 nitrogen and oxygen atoms in total. The van der Waals surface area contributed by atoms with Gasteiger partial charge in [-0.25, -0.2) is 0 Å². The van der Waals surface area contributed by atoms with Crippen LogP contribution in [0.4, 0.5) is 11.4 Å². The first-order valence-corrected chi connectivity index (χ1v) is 9.10. The van der Waals surface area contributed by atoms with Gasteiger partial charge in [-0.05, 0) is 17.7 Å². The van der Waals surface area contributed by atoms with Gasteiger partial charge in [-0.1, -0.05) is 53.7 Å². The van der Waals surface area contributed by atoms with Gasteiger partial charge in [0.1, 0.15) is 5.69 Å². The summed E-state index contributed by atoms with van der Waals surface area (Å²) >= 11 is 6.80. The van der Waals surface area contributed by atoms with Crippen LogP contribution in [-0.4, -0.2) is 26.8 Å². The van der Waals surface area contributed by atoms with Crippen molar-refractivity contribution in [3.05, 3.63) is 75.1 Å². The second-order valence-corrected chi connectivity index (χ2v) is 6.74. The third kappa shape index (κ3) is 5.28. The summed E-state index contributed by atoms with van der Waals surface area (Å²) in [6, 6.07) is 13.7. The van der Waals surface area contributed by atoms with E-state index in [1.54, 1.807) is 0 Å². The lowest BCUT2D eigenvalue weighted by atomic mass is 10.2. The van der Waals surface area contributed by atoms with E-state index in [0.717, 1.165) is 17.3 Å². The Morgan fingerprint density at radius 2 is 2.00 bits per heavy atom. The molecule has 1 amide bonds. The van der Waals surface area contributed by atoms with Gasteiger partial charge in [0, 0.05) is 11.1 Å². The molecule has 0 saturated heterocycles. The number of nitro groups is 1. The average Bonchev–Trinajstić information content (AvgIpc) is 3.09. The molecule has 2 aromatic carbocycles. The molecule has 1 heterocycles. The predicted molar refractivity (Wildman–Crippen MR) is 101 cm³/mol. The highest BCUT2D eigenvalue weighted by atomic mass is 35.5. The van der Waals surface area contributed by atoms with Gasteiger partial charge in [-0.3, -0.25) is 14.9 Å². The number of hydrogen-bond donors (Lipinski definition) is 1. The molecule has 27 heavy (non-hydrogen) atoms. The molecule has 1 N–H and O–H groups in total. The summed E-state index contributed by atoms with van der Waals surface area (Å²) in [6.07, 6.45) is 0.498. The Morgan fingerprint density at radius 3 is 2.74 bits per heavy atom. The van der Waals surface area contributed by atoms with E-state index in [9.17, 15) is 14.9 Å². The van der Waals surface area contributed by atoms with Crippen molar-refractivity contribution in [2.24, 2.45) is 0 Å². The smallest absolute Gasteiger partial charge is 0.294 e. The topological polar surface area (TPSA) is 111 Å². The minimum Gasteiger partial charge on any atom is -0.416 e. The number of hydrogen-bond acceptors (Lipinski definition) is 7. The molecule has 138 valence electrons. The van der Waals surface area contributed by atoms with Crippen molar-refractivity contribution in [3.8, 4) is 0 Å². The van der Waals surface area contributed by atoms with Gasteiger partial charge in [-0.2, -0.15) is 0 Å². The standard InChI is InChI=1S/C17H13ClN4O4S/c18-12-6-7-13(14(9-12)22(24)25)19-15(23)10-27-17-21-20-16(26-17)8-11-4-2-1-3-5-11/h1-7,9H,8,10H2,(H,19,23). The van der Waals surface area contributed by atoms with Gasteiger partial charge >= 0.3 is 0 Å². The van der Waals surface area contributed by atoms with Gasteiger partial charge in [0.15, 0.2) is 0 Å². The second-order valence-electron chi connectivity index (χ2n) is 5.38. The highest BCUT2D eigenvalue weighted by molar-refractivity contribution is 7.99. The normalized spacial score (nSPS) is 10.6. The van der Waals surface area contributed by atoms with Crippen LogP contribution in [0.3, 0.4) is 0 Å². The summed E-state index contributed by atoms with van der Waals surface area (Å²) in [5.41, 5.74) is 0.833. The van der Waals surface area contributed by atoms with Crippen LogP contribution < -0.4 is 5.32 Å². The van der Waals surface area contributed by atoms with Crippen LogP contribution in [0.25, 0.3) is 0 Å². The van der Waals surface area contributed by atoms with E-state index in [4.69, 9.17) is 16.0 Å². The molecule has 0 aliphatic rings. The van der Waals surface area contributed by atoms with Crippen molar-refractivity contribution >= 4 is 40.6 Å². The number of nitro benzene ring substituents is 1. The summed E-state index contributed by atoms with van der Waals surface area (Å²) in [6.45, 7) is 0. The Bertz CT molecular complexity index is 965. The molecule has 0 fully saturated rings. The average molecular weight is 405 g/mol. The summed E-state index contributed by atoms with van der Waals surface area (Å²) in [5.74, 6) is -0.0297. The predicted octanol–water partition coefficient (Wildman–Crippen LogP) is 3.95. The molecule has 0 unspecified atom stereocenters. The number of thioether (sulfide) groups is 1. The van der Waals surface area contributed by atoms with Crippen molar-refractivity contribution in [3.63, 3.8) is 0 Å². The van der Waals surface area contributed by atoms with Crippen LogP contribution in [0.2, 0.25) is 5.02 Å². The quantitative estimate of drug-likeness (QED) is 0.360. The van der Waals surface area contributed by atoms with Crippen molar-refractivity contribution in [2.75, 3.05) is 11.1 Å². The van der Waals surface area contributed by atoms with Gasteiger partial charge < -0.3 is 9.73 Å². The fourth-order valence-electron chi connectivity index (χ4n) is 2.21. The third-order valence-electron chi connectivity index (χ3n) is 3.40. The maximum atomic E-state index is 12.1. The van der Waals surface area contributed by atoms with E-state index >= 15 is 0 Å². The molecule has 1 aromatic heterocycles. The summed E-state index contributed by atoms with van der Waals surface area (Å²) in [7, 11) is 0. The van der Waals surface area contributed by atoms with Crippen LogP contribution in [0.5, 0.6) is 0 Å². The Hall–Kier alpha value is -2.91. The van der Waals surface area contributed by atoms with E-state index in [-0.39, 0.29) is 27.4 Å². The number of carbonyl (C=O) groups is 1. The molecule has 0 saturated carbocycles. The highest BCUT2D eigenvalue weighted by Crippen LogP contribution is 2.28. The first-order valence-electron chi connectivity index (χ1n) is 7.74. The molecule has 0 spiro atoms. The zero-order chi connectivity index (χ0) is 19.2. The van der Waals surface area contributed by atoms with Gasteiger partial charge in [0.2, 0.25) is 11.8 Å².